The lowest BCUT2D eigenvalue weighted by Crippen LogP contribution is -2.61. The zero-order valence-corrected chi connectivity index (χ0v) is 13.5. The van der Waals surface area contributed by atoms with Gasteiger partial charge in [0.15, 0.2) is 0 Å². The lowest BCUT2D eigenvalue weighted by Gasteiger charge is -2.54. The molecular formula is C17H34N2. The Balaban J connectivity index is 2.16. The SMILES string of the molecule is CC1CCC(C)N(C2(CN)CCCC(C(C)C)C2)C1. The van der Waals surface area contributed by atoms with Crippen molar-refractivity contribution in [2.24, 2.45) is 23.5 Å². The Kier molecular flexibility index (Phi) is 4.94. The monoisotopic (exact) mass is 266 g/mol. The van der Waals surface area contributed by atoms with E-state index in [9.17, 15) is 0 Å². The summed E-state index contributed by atoms with van der Waals surface area (Å²) in [6, 6.07) is 0.727. The van der Waals surface area contributed by atoms with Crippen LogP contribution in [0.3, 0.4) is 0 Å². The van der Waals surface area contributed by atoms with Crippen molar-refractivity contribution in [3.05, 3.63) is 0 Å². The van der Waals surface area contributed by atoms with Gasteiger partial charge in [-0.2, -0.15) is 0 Å². The van der Waals surface area contributed by atoms with E-state index >= 15 is 0 Å². The van der Waals surface area contributed by atoms with E-state index in [4.69, 9.17) is 5.73 Å². The first-order valence-corrected chi connectivity index (χ1v) is 8.45. The van der Waals surface area contributed by atoms with Gasteiger partial charge in [0, 0.05) is 24.7 Å². The second-order valence-corrected chi connectivity index (χ2v) is 7.71. The summed E-state index contributed by atoms with van der Waals surface area (Å²) in [6.07, 6.45) is 8.19. The molecule has 112 valence electrons. The molecule has 19 heavy (non-hydrogen) atoms. The molecule has 0 amide bonds. The van der Waals surface area contributed by atoms with Gasteiger partial charge in [-0.3, -0.25) is 4.90 Å². The van der Waals surface area contributed by atoms with Crippen molar-refractivity contribution in [3.8, 4) is 0 Å². The third-order valence-corrected chi connectivity index (χ3v) is 5.91. The topological polar surface area (TPSA) is 29.3 Å². The summed E-state index contributed by atoms with van der Waals surface area (Å²) < 4.78 is 0. The van der Waals surface area contributed by atoms with Crippen molar-refractivity contribution in [2.45, 2.75) is 77.8 Å². The molecule has 2 fully saturated rings. The van der Waals surface area contributed by atoms with Crippen LogP contribution in [0.15, 0.2) is 0 Å². The van der Waals surface area contributed by atoms with Gasteiger partial charge in [-0.25, -0.2) is 0 Å². The van der Waals surface area contributed by atoms with Gasteiger partial charge in [0.2, 0.25) is 0 Å². The Bertz CT molecular complexity index is 289. The van der Waals surface area contributed by atoms with E-state index < -0.39 is 0 Å². The lowest BCUT2D eigenvalue weighted by molar-refractivity contribution is -0.0309. The second kappa shape index (κ2) is 6.13. The molecule has 1 heterocycles. The highest BCUT2D eigenvalue weighted by Gasteiger charge is 2.44. The average Bonchev–Trinajstić information content (AvgIpc) is 2.41. The predicted molar refractivity (Wildman–Crippen MR) is 83.1 cm³/mol. The van der Waals surface area contributed by atoms with E-state index in [1.165, 1.54) is 45.1 Å². The molecule has 0 aromatic rings. The fourth-order valence-corrected chi connectivity index (χ4v) is 4.47. The molecule has 2 N–H and O–H groups in total. The second-order valence-electron chi connectivity index (χ2n) is 7.71. The van der Waals surface area contributed by atoms with Gasteiger partial charge in [-0.15, -0.1) is 0 Å². The molecule has 1 aliphatic carbocycles. The van der Waals surface area contributed by atoms with Crippen molar-refractivity contribution in [1.29, 1.82) is 0 Å². The van der Waals surface area contributed by atoms with Crippen LogP contribution in [0.1, 0.15) is 66.2 Å². The van der Waals surface area contributed by atoms with E-state index in [2.05, 4.69) is 32.6 Å². The molecule has 1 saturated carbocycles. The fraction of sp³-hybridized carbons (Fsp3) is 1.00. The molecule has 2 rings (SSSR count). The largest absolute Gasteiger partial charge is 0.329 e. The van der Waals surface area contributed by atoms with Crippen LogP contribution in [-0.2, 0) is 0 Å². The maximum absolute atomic E-state index is 6.30. The van der Waals surface area contributed by atoms with Gasteiger partial charge in [-0.1, -0.05) is 33.6 Å². The number of likely N-dealkylation sites (tertiary alicyclic amines) is 1. The Morgan fingerprint density at radius 2 is 1.95 bits per heavy atom. The molecule has 4 unspecified atom stereocenters. The molecule has 2 nitrogen and oxygen atoms in total. The molecule has 2 aliphatic rings. The highest BCUT2D eigenvalue weighted by Crippen LogP contribution is 2.42. The van der Waals surface area contributed by atoms with Gasteiger partial charge < -0.3 is 5.73 Å². The summed E-state index contributed by atoms with van der Waals surface area (Å²) in [4.78, 5) is 2.80. The molecule has 4 atom stereocenters. The molecule has 0 bridgehead atoms. The van der Waals surface area contributed by atoms with Crippen molar-refractivity contribution >= 4 is 0 Å². The van der Waals surface area contributed by atoms with Crippen molar-refractivity contribution in [1.82, 2.24) is 4.90 Å². The van der Waals surface area contributed by atoms with Crippen LogP contribution >= 0.6 is 0 Å². The third-order valence-electron chi connectivity index (χ3n) is 5.91. The first-order valence-electron chi connectivity index (χ1n) is 8.45. The lowest BCUT2D eigenvalue weighted by atomic mass is 9.69. The molecule has 0 spiro atoms. The predicted octanol–water partition coefficient (Wildman–Crippen LogP) is 3.65. The van der Waals surface area contributed by atoms with Crippen LogP contribution in [0, 0.1) is 17.8 Å². The van der Waals surface area contributed by atoms with Crippen LogP contribution in [-0.4, -0.2) is 29.6 Å². The van der Waals surface area contributed by atoms with E-state index in [1.54, 1.807) is 0 Å². The van der Waals surface area contributed by atoms with Crippen LogP contribution in [0.25, 0.3) is 0 Å². The number of nitrogens with zero attached hydrogens (tertiary/aromatic N) is 1. The number of nitrogens with two attached hydrogens (primary N) is 1. The first-order chi connectivity index (χ1) is 8.98. The summed E-state index contributed by atoms with van der Waals surface area (Å²) in [5.74, 6) is 2.53. The zero-order chi connectivity index (χ0) is 14.0. The van der Waals surface area contributed by atoms with Gasteiger partial charge >= 0.3 is 0 Å². The highest BCUT2D eigenvalue weighted by molar-refractivity contribution is 5.00. The van der Waals surface area contributed by atoms with E-state index in [-0.39, 0.29) is 0 Å². The Morgan fingerprint density at radius 1 is 1.21 bits per heavy atom. The van der Waals surface area contributed by atoms with Gasteiger partial charge in [-0.05, 0) is 50.4 Å². The molecule has 0 aromatic heterocycles. The zero-order valence-electron chi connectivity index (χ0n) is 13.5. The maximum Gasteiger partial charge on any atom is 0.0337 e. The maximum atomic E-state index is 6.30. The number of rotatable bonds is 3. The molecule has 1 aliphatic heterocycles. The van der Waals surface area contributed by atoms with Gasteiger partial charge in [0.1, 0.15) is 0 Å². The molecule has 0 radical (unpaired) electrons. The standard InChI is InChI=1S/C17H34N2/c1-13(2)16-6-5-9-17(10-16,12-18)19-11-14(3)7-8-15(19)4/h13-16H,5-12,18H2,1-4H3. The summed E-state index contributed by atoms with van der Waals surface area (Å²) in [6.45, 7) is 11.7. The fourth-order valence-electron chi connectivity index (χ4n) is 4.47. The molecular weight excluding hydrogens is 232 g/mol. The van der Waals surface area contributed by atoms with Crippen LogP contribution in [0.4, 0.5) is 0 Å². The van der Waals surface area contributed by atoms with E-state index in [0.29, 0.717) is 5.54 Å². The summed E-state index contributed by atoms with van der Waals surface area (Å²) in [5, 5.41) is 0. The van der Waals surface area contributed by atoms with E-state index in [1.807, 2.05) is 0 Å². The van der Waals surface area contributed by atoms with E-state index in [0.717, 1.165) is 30.3 Å². The Labute approximate surface area is 120 Å². The summed E-state index contributed by atoms with van der Waals surface area (Å²) >= 11 is 0. The minimum atomic E-state index is 0.307. The molecule has 0 aromatic carbocycles. The van der Waals surface area contributed by atoms with Crippen LogP contribution in [0.2, 0.25) is 0 Å². The van der Waals surface area contributed by atoms with Crippen LogP contribution < -0.4 is 5.73 Å². The third kappa shape index (κ3) is 3.16. The van der Waals surface area contributed by atoms with Crippen molar-refractivity contribution in [2.75, 3.05) is 13.1 Å². The highest BCUT2D eigenvalue weighted by atomic mass is 15.2. The van der Waals surface area contributed by atoms with Gasteiger partial charge in [0.25, 0.3) is 0 Å². The first kappa shape index (κ1) is 15.3. The number of hydrogen-bond acceptors (Lipinski definition) is 2. The van der Waals surface area contributed by atoms with Crippen molar-refractivity contribution < 1.29 is 0 Å². The smallest absolute Gasteiger partial charge is 0.0337 e. The number of hydrogen-bond donors (Lipinski definition) is 1. The minimum Gasteiger partial charge on any atom is -0.329 e. The Hall–Kier alpha value is -0.0800. The Morgan fingerprint density at radius 3 is 2.58 bits per heavy atom. The summed E-state index contributed by atoms with van der Waals surface area (Å²) in [7, 11) is 0. The minimum absolute atomic E-state index is 0.307. The normalized spacial score (nSPS) is 41.7. The molecule has 2 heteroatoms. The molecule has 1 saturated heterocycles. The number of piperidine rings is 1. The average molecular weight is 266 g/mol. The van der Waals surface area contributed by atoms with Gasteiger partial charge in [0.05, 0.1) is 0 Å². The quantitative estimate of drug-likeness (QED) is 0.845. The summed E-state index contributed by atoms with van der Waals surface area (Å²) in [5.41, 5.74) is 6.60. The van der Waals surface area contributed by atoms with Crippen molar-refractivity contribution in [3.63, 3.8) is 0 Å². The van der Waals surface area contributed by atoms with Crippen LogP contribution in [0.5, 0.6) is 0 Å².